The largest absolute Gasteiger partial charge is 0.332 e. The van der Waals surface area contributed by atoms with Gasteiger partial charge in [-0.25, -0.2) is 8.78 Å². The van der Waals surface area contributed by atoms with Gasteiger partial charge in [-0.3, -0.25) is 14.2 Å². The van der Waals surface area contributed by atoms with E-state index in [2.05, 4.69) is 15.5 Å². The molecule has 4 rings (SSSR count). The molecule has 0 aliphatic carbocycles. The standard InChI is InChI=1S/C21H14F2N4O3/c22-14-5-1-4-13(10-14)20-25-21(30-26-20)17-8-3-9-19(29)27(17)12-18(28)24-16-7-2-6-15(23)11-16/h1-11H,12H2,(H,24,28). The lowest BCUT2D eigenvalue weighted by molar-refractivity contribution is -0.116. The number of anilines is 1. The van der Waals surface area contributed by atoms with Gasteiger partial charge in [-0.1, -0.05) is 29.4 Å². The molecular weight excluding hydrogens is 394 g/mol. The predicted molar refractivity (Wildman–Crippen MR) is 104 cm³/mol. The second-order valence-corrected chi connectivity index (χ2v) is 6.33. The Labute approximate surface area is 168 Å². The molecule has 2 heterocycles. The summed E-state index contributed by atoms with van der Waals surface area (Å²) in [5.74, 6) is -1.37. The van der Waals surface area contributed by atoms with Crippen molar-refractivity contribution in [3.8, 4) is 23.0 Å². The zero-order chi connectivity index (χ0) is 21.1. The quantitative estimate of drug-likeness (QED) is 0.546. The molecule has 2 aromatic heterocycles. The minimum absolute atomic E-state index is 0.00878. The van der Waals surface area contributed by atoms with E-state index in [1.54, 1.807) is 12.1 Å². The normalized spacial score (nSPS) is 10.7. The first-order chi connectivity index (χ1) is 14.5. The highest BCUT2D eigenvalue weighted by atomic mass is 19.1. The minimum atomic E-state index is -0.542. The SMILES string of the molecule is O=C(Cn1c(-c2nc(-c3cccc(F)c3)no2)cccc1=O)Nc1cccc(F)c1. The van der Waals surface area contributed by atoms with Crippen molar-refractivity contribution < 1.29 is 18.1 Å². The Morgan fingerprint density at radius 1 is 1.00 bits per heavy atom. The topological polar surface area (TPSA) is 90.0 Å². The summed E-state index contributed by atoms with van der Waals surface area (Å²) < 4.78 is 33.1. The molecular formula is C21H14F2N4O3. The third-order valence-corrected chi connectivity index (χ3v) is 4.19. The lowest BCUT2D eigenvalue weighted by atomic mass is 10.2. The molecule has 0 spiro atoms. The highest BCUT2D eigenvalue weighted by Gasteiger charge is 2.17. The first kappa shape index (κ1) is 19.2. The van der Waals surface area contributed by atoms with Gasteiger partial charge < -0.3 is 9.84 Å². The lowest BCUT2D eigenvalue weighted by Crippen LogP contribution is -2.28. The number of amides is 1. The highest BCUT2D eigenvalue weighted by Crippen LogP contribution is 2.22. The van der Waals surface area contributed by atoms with Crippen molar-refractivity contribution in [3.05, 3.63) is 88.7 Å². The van der Waals surface area contributed by atoms with E-state index >= 15 is 0 Å². The third kappa shape index (κ3) is 4.14. The van der Waals surface area contributed by atoms with E-state index < -0.39 is 23.1 Å². The maximum absolute atomic E-state index is 13.4. The zero-order valence-electron chi connectivity index (χ0n) is 15.4. The average molecular weight is 408 g/mol. The zero-order valence-corrected chi connectivity index (χ0v) is 15.4. The summed E-state index contributed by atoms with van der Waals surface area (Å²) in [5, 5.41) is 6.35. The summed E-state index contributed by atoms with van der Waals surface area (Å²) >= 11 is 0. The summed E-state index contributed by atoms with van der Waals surface area (Å²) in [4.78, 5) is 29.0. The molecule has 0 bridgehead atoms. The van der Waals surface area contributed by atoms with Gasteiger partial charge in [0.05, 0.1) is 0 Å². The Balaban J connectivity index is 1.62. The average Bonchev–Trinajstić information content (AvgIpc) is 3.19. The monoisotopic (exact) mass is 408 g/mol. The van der Waals surface area contributed by atoms with Crippen LogP contribution in [0.5, 0.6) is 0 Å². The number of rotatable bonds is 5. The molecule has 30 heavy (non-hydrogen) atoms. The van der Waals surface area contributed by atoms with E-state index in [1.807, 2.05) is 0 Å². The summed E-state index contributed by atoms with van der Waals surface area (Å²) in [6.45, 7) is -0.358. The number of hydrogen-bond acceptors (Lipinski definition) is 5. The molecule has 9 heteroatoms. The maximum Gasteiger partial charge on any atom is 0.274 e. The second kappa shape index (κ2) is 8.08. The number of halogens is 2. The van der Waals surface area contributed by atoms with Gasteiger partial charge in [-0.2, -0.15) is 4.98 Å². The molecule has 0 saturated heterocycles. The molecule has 7 nitrogen and oxygen atoms in total. The van der Waals surface area contributed by atoms with Gasteiger partial charge in [0.2, 0.25) is 11.7 Å². The summed E-state index contributed by atoms with van der Waals surface area (Å²) in [6, 6.07) is 15.4. The van der Waals surface area contributed by atoms with E-state index in [4.69, 9.17) is 4.52 Å². The molecule has 4 aromatic rings. The van der Waals surface area contributed by atoms with Crippen molar-refractivity contribution in [1.29, 1.82) is 0 Å². The fraction of sp³-hybridized carbons (Fsp3) is 0.0476. The molecule has 0 aliphatic rings. The van der Waals surface area contributed by atoms with Crippen LogP contribution in [0.25, 0.3) is 23.0 Å². The van der Waals surface area contributed by atoms with Gasteiger partial charge in [0, 0.05) is 17.3 Å². The third-order valence-electron chi connectivity index (χ3n) is 4.19. The lowest BCUT2D eigenvalue weighted by Gasteiger charge is -2.10. The van der Waals surface area contributed by atoms with Crippen molar-refractivity contribution in [2.24, 2.45) is 0 Å². The van der Waals surface area contributed by atoms with E-state index in [-0.39, 0.29) is 29.6 Å². The van der Waals surface area contributed by atoms with Crippen LogP contribution in [0.15, 0.2) is 76.0 Å². The van der Waals surface area contributed by atoms with E-state index in [9.17, 15) is 18.4 Å². The Morgan fingerprint density at radius 3 is 2.50 bits per heavy atom. The fourth-order valence-electron chi connectivity index (χ4n) is 2.85. The molecule has 0 fully saturated rings. The number of pyridine rings is 1. The van der Waals surface area contributed by atoms with Crippen molar-refractivity contribution in [1.82, 2.24) is 14.7 Å². The van der Waals surface area contributed by atoms with Gasteiger partial charge in [-0.05, 0) is 36.4 Å². The summed E-state index contributed by atoms with van der Waals surface area (Å²) in [5.41, 5.74) is 0.412. The molecule has 0 aliphatic heterocycles. The van der Waals surface area contributed by atoms with Crippen LogP contribution in [0.1, 0.15) is 0 Å². The Morgan fingerprint density at radius 2 is 1.73 bits per heavy atom. The van der Waals surface area contributed by atoms with Crippen molar-refractivity contribution in [2.45, 2.75) is 6.54 Å². The first-order valence-corrected chi connectivity index (χ1v) is 8.85. The maximum atomic E-state index is 13.4. The summed E-state index contributed by atoms with van der Waals surface area (Å²) in [6.07, 6.45) is 0. The number of nitrogens with one attached hydrogen (secondary N) is 1. The van der Waals surface area contributed by atoms with Crippen molar-refractivity contribution in [3.63, 3.8) is 0 Å². The van der Waals surface area contributed by atoms with Crippen molar-refractivity contribution in [2.75, 3.05) is 5.32 Å². The minimum Gasteiger partial charge on any atom is -0.332 e. The first-order valence-electron chi connectivity index (χ1n) is 8.85. The van der Waals surface area contributed by atoms with Gasteiger partial charge in [0.1, 0.15) is 23.9 Å². The number of benzene rings is 2. The molecule has 0 unspecified atom stereocenters. The summed E-state index contributed by atoms with van der Waals surface area (Å²) in [7, 11) is 0. The second-order valence-electron chi connectivity index (χ2n) is 6.33. The number of nitrogens with zero attached hydrogens (tertiary/aromatic N) is 3. The number of aromatic nitrogens is 3. The Kier molecular flexibility index (Phi) is 5.17. The molecule has 0 saturated carbocycles. The van der Waals surface area contributed by atoms with Gasteiger partial charge in [-0.15, -0.1) is 0 Å². The molecule has 1 amide bonds. The van der Waals surface area contributed by atoms with Gasteiger partial charge in [0.25, 0.3) is 11.4 Å². The van der Waals surface area contributed by atoms with E-state index in [0.29, 0.717) is 5.56 Å². The number of carbonyl (C=O) groups excluding carboxylic acids is 1. The van der Waals surface area contributed by atoms with Gasteiger partial charge >= 0.3 is 0 Å². The fourth-order valence-corrected chi connectivity index (χ4v) is 2.85. The number of hydrogen-bond donors (Lipinski definition) is 1. The van der Waals surface area contributed by atoms with Crippen molar-refractivity contribution >= 4 is 11.6 Å². The van der Waals surface area contributed by atoms with Crippen LogP contribution in [0, 0.1) is 11.6 Å². The smallest absolute Gasteiger partial charge is 0.274 e. The van der Waals surface area contributed by atoms with Crippen LogP contribution >= 0.6 is 0 Å². The Bertz CT molecular complexity index is 1280. The van der Waals surface area contributed by atoms with Crippen LogP contribution < -0.4 is 10.9 Å². The van der Waals surface area contributed by atoms with Crippen LogP contribution in [-0.4, -0.2) is 20.6 Å². The Hall–Kier alpha value is -4.14. The van der Waals surface area contributed by atoms with Crippen LogP contribution in [0.3, 0.4) is 0 Å². The molecule has 150 valence electrons. The molecule has 1 N–H and O–H groups in total. The van der Waals surface area contributed by atoms with Crippen LogP contribution in [0.4, 0.5) is 14.5 Å². The van der Waals surface area contributed by atoms with E-state index in [1.165, 1.54) is 48.5 Å². The molecule has 0 radical (unpaired) electrons. The highest BCUT2D eigenvalue weighted by molar-refractivity contribution is 5.90. The molecule has 2 aromatic carbocycles. The van der Waals surface area contributed by atoms with Crippen LogP contribution in [0.2, 0.25) is 0 Å². The predicted octanol–water partition coefficient (Wildman–Crippen LogP) is 3.48. The number of carbonyl (C=O) groups is 1. The van der Waals surface area contributed by atoms with E-state index in [0.717, 1.165) is 10.6 Å². The van der Waals surface area contributed by atoms with Crippen LogP contribution in [-0.2, 0) is 11.3 Å². The molecule has 0 atom stereocenters. The van der Waals surface area contributed by atoms with Gasteiger partial charge in [0.15, 0.2) is 0 Å².